The highest BCUT2D eigenvalue weighted by molar-refractivity contribution is 5.35. The molecule has 0 radical (unpaired) electrons. The van der Waals surface area contributed by atoms with Crippen LogP contribution in [0.1, 0.15) is 68.1 Å². The molecule has 0 heterocycles. The smallest absolute Gasteiger partial charge is 0.0162 e. The Labute approximate surface area is 93.7 Å². The van der Waals surface area contributed by atoms with E-state index in [2.05, 4.69) is 39.0 Å². The highest BCUT2D eigenvalue weighted by atomic mass is 14.2. The average Bonchev–Trinajstić information content (AvgIpc) is 2.71. The second-order valence-electron chi connectivity index (χ2n) is 5.25. The maximum atomic E-state index is 2.45. The number of aryl methyl sites for hydroxylation is 1. The predicted molar refractivity (Wildman–Crippen MR) is 66.5 cm³/mol. The summed E-state index contributed by atoms with van der Waals surface area (Å²) in [5, 5.41) is 0. The highest BCUT2D eigenvalue weighted by Gasteiger charge is 2.17. The molecule has 2 rings (SSSR count). The average molecular weight is 202 g/mol. The van der Waals surface area contributed by atoms with E-state index in [-0.39, 0.29) is 0 Å². The van der Waals surface area contributed by atoms with Crippen LogP contribution in [0, 0.1) is 6.92 Å². The Hall–Kier alpha value is -0.780. The first-order chi connectivity index (χ1) is 7.18. The van der Waals surface area contributed by atoms with Crippen LogP contribution in [0.25, 0.3) is 0 Å². The van der Waals surface area contributed by atoms with Gasteiger partial charge in [-0.1, -0.05) is 44.9 Å². The number of benzene rings is 1. The molecule has 0 nitrogen and oxygen atoms in total. The van der Waals surface area contributed by atoms with Gasteiger partial charge in [-0.2, -0.15) is 0 Å². The molecular formula is C15H22. The zero-order chi connectivity index (χ0) is 10.8. The summed E-state index contributed by atoms with van der Waals surface area (Å²) in [4.78, 5) is 0. The van der Waals surface area contributed by atoms with Gasteiger partial charge in [0.25, 0.3) is 0 Å². The standard InChI is InChI=1S/C15H22/c1-11(2)15-10-14(9-8-12(15)3)13-6-4-5-7-13/h8-11,13H,4-7H2,1-3H3. The van der Waals surface area contributed by atoms with Crippen LogP contribution >= 0.6 is 0 Å². The monoisotopic (exact) mass is 202 g/mol. The molecule has 0 atom stereocenters. The van der Waals surface area contributed by atoms with Crippen molar-refractivity contribution in [1.82, 2.24) is 0 Å². The summed E-state index contributed by atoms with van der Waals surface area (Å²) >= 11 is 0. The maximum Gasteiger partial charge on any atom is -0.0162 e. The van der Waals surface area contributed by atoms with Crippen LogP contribution in [0.3, 0.4) is 0 Å². The van der Waals surface area contributed by atoms with Gasteiger partial charge in [0, 0.05) is 0 Å². The van der Waals surface area contributed by atoms with E-state index in [9.17, 15) is 0 Å². The number of hydrogen-bond acceptors (Lipinski definition) is 0. The van der Waals surface area contributed by atoms with Gasteiger partial charge in [-0.25, -0.2) is 0 Å². The molecule has 1 aromatic carbocycles. The van der Waals surface area contributed by atoms with Gasteiger partial charge in [0.15, 0.2) is 0 Å². The summed E-state index contributed by atoms with van der Waals surface area (Å²) in [5.41, 5.74) is 4.58. The fourth-order valence-electron chi connectivity index (χ4n) is 2.79. The zero-order valence-corrected chi connectivity index (χ0v) is 10.2. The van der Waals surface area contributed by atoms with E-state index in [0.29, 0.717) is 5.92 Å². The second kappa shape index (κ2) is 4.38. The van der Waals surface area contributed by atoms with Crippen molar-refractivity contribution in [2.24, 2.45) is 0 Å². The van der Waals surface area contributed by atoms with Gasteiger partial charge in [0.1, 0.15) is 0 Å². The Morgan fingerprint density at radius 3 is 2.40 bits per heavy atom. The largest absolute Gasteiger partial charge is 0.0588 e. The van der Waals surface area contributed by atoms with E-state index in [1.807, 2.05) is 0 Å². The van der Waals surface area contributed by atoms with Crippen molar-refractivity contribution in [3.05, 3.63) is 34.9 Å². The summed E-state index contributed by atoms with van der Waals surface area (Å²) in [6, 6.07) is 7.11. The number of hydrogen-bond donors (Lipinski definition) is 0. The van der Waals surface area contributed by atoms with Crippen molar-refractivity contribution in [1.29, 1.82) is 0 Å². The third kappa shape index (κ3) is 2.25. The molecular weight excluding hydrogens is 180 g/mol. The summed E-state index contributed by atoms with van der Waals surface area (Å²) in [7, 11) is 0. The molecule has 0 unspecified atom stereocenters. The normalized spacial score (nSPS) is 17.6. The molecule has 82 valence electrons. The lowest BCUT2D eigenvalue weighted by Gasteiger charge is -2.15. The topological polar surface area (TPSA) is 0 Å². The van der Waals surface area contributed by atoms with Crippen molar-refractivity contribution in [3.8, 4) is 0 Å². The first kappa shape index (κ1) is 10.7. The Morgan fingerprint density at radius 2 is 1.80 bits per heavy atom. The molecule has 1 saturated carbocycles. The lowest BCUT2D eigenvalue weighted by Crippen LogP contribution is -1.97. The molecule has 1 aromatic rings. The number of rotatable bonds is 2. The van der Waals surface area contributed by atoms with Gasteiger partial charge in [0.05, 0.1) is 0 Å². The SMILES string of the molecule is Cc1ccc(C2CCCC2)cc1C(C)C. The molecule has 0 saturated heterocycles. The highest BCUT2D eigenvalue weighted by Crippen LogP contribution is 2.35. The van der Waals surface area contributed by atoms with Gasteiger partial charge in [-0.3, -0.25) is 0 Å². The minimum Gasteiger partial charge on any atom is -0.0588 e. The van der Waals surface area contributed by atoms with Gasteiger partial charge in [-0.05, 0) is 48.3 Å². The summed E-state index contributed by atoms with van der Waals surface area (Å²) in [5.74, 6) is 1.51. The Kier molecular flexibility index (Phi) is 3.14. The van der Waals surface area contributed by atoms with E-state index >= 15 is 0 Å². The Bertz CT molecular complexity index is 330. The molecule has 0 spiro atoms. The maximum absolute atomic E-state index is 2.45. The van der Waals surface area contributed by atoms with Crippen molar-refractivity contribution < 1.29 is 0 Å². The third-order valence-corrected chi connectivity index (χ3v) is 3.75. The Balaban J connectivity index is 2.29. The van der Waals surface area contributed by atoms with Crippen LogP contribution < -0.4 is 0 Å². The van der Waals surface area contributed by atoms with E-state index in [0.717, 1.165) is 5.92 Å². The van der Waals surface area contributed by atoms with Crippen molar-refractivity contribution in [2.75, 3.05) is 0 Å². The lowest BCUT2D eigenvalue weighted by molar-refractivity contribution is 0.718. The minimum absolute atomic E-state index is 0.659. The van der Waals surface area contributed by atoms with Crippen LogP contribution in [-0.4, -0.2) is 0 Å². The van der Waals surface area contributed by atoms with Gasteiger partial charge in [0.2, 0.25) is 0 Å². The molecule has 0 bridgehead atoms. The Morgan fingerprint density at radius 1 is 1.13 bits per heavy atom. The fraction of sp³-hybridized carbons (Fsp3) is 0.600. The molecule has 1 fully saturated rings. The van der Waals surface area contributed by atoms with Crippen LogP contribution in [0.2, 0.25) is 0 Å². The van der Waals surface area contributed by atoms with Crippen molar-refractivity contribution in [2.45, 2.75) is 58.3 Å². The van der Waals surface area contributed by atoms with E-state index in [1.54, 1.807) is 11.1 Å². The van der Waals surface area contributed by atoms with Crippen molar-refractivity contribution in [3.63, 3.8) is 0 Å². The molecule has 0 heteroatoms. The summed E-state index contributed by atoms with van der Waals surface area (Å²) < 4.78 is 0. The van der Waals surface area contributed by atoms with Crippen LogP contribution in [0.5, 0.6) is 0 Å². The third-order valence-electron chi connectivity index (χ3n) is 3.75. The van der Waals surface area contributed by atoms with Gasteiger partial charge < -0.3 is 0 Å². The second-order valence-corrected chi connectivity index (χ2v) is 5.25. The molecule has 0 amide bonds. The molecule has 0 aromatic heterocycles. The fourth-order valence-corrected chi connectivity index (χ4v) is 2.79. The van der Waals surface area contributed by atoms with Crippen LogP contribution in [-0.2, 0) is 0 Å². The van der Waals surface area contributed by atoms with Crippen LogP contribution in [0.4, 0.5) is 0 Å². The predicted octanol–water partition coefficient (Wildman–Crippen LogP) is 4.78. The summed E-state index contributed by atoms with van der Waals surface area (Å²) in [6.07, 6.45) is 5.66. The van der Waals surface area contributed by atoms with Crippen LogP contribution in [0.15, 0.2) is 18.2 Å². The lowest BCUT2D eigenvalue weighted by atomic mass is 9.90. The first-order valence-electron chi connectivity index (χ1n) is 6.29. The molecule has 1 aliphatic carbocycles. The molecule has 1 aliphatic rings. The van der Waals surface area contributed by atoms with Gasteiger partial charge >= 0.3 is 0 Å². The zero-order valence-electron chi connectivity index (χ0n) is 10.2. The summed E-state index contributed by atoms with van der Waals surface area (Å²) in [6.45, 7) is 6.81. The van der Waals surface area contributed by atoms with Crippen molar-refractivity contribution >= 4 is 0 Å². The molecule has 0 N–H and O–H groups in total. The van der Waals surface area contributed by atoms with E-state index < -0.39 is 0 Å². The van der Waals surface area contributed by atoms with E-state index in [1.165, 1.54) is 31.2 Å². The van der Waals surface area contributed by atoms with Gasteiger partial charge in [-0.15, -0.1) is 0 Å². The molecule has 0 aliphatic heterocycles. The molecule has 15 heavy (non-hydrogen) atoms. The minimum atomic E-state index is 0.659. The first-order valence-corrected chi connectivity index (χ1v) is 6.29. The quantitative estimate of drug-likeness (QED) is 0.647. The van der Waals surface area contributed by atoms with E-state index in [4.69, 9.17) is 0 Å².